The Morgan fingerprint density at radius 2 is 1.79 bits per heavy atom. The Hall–Kier alpha value is -1.42. The lowest BCUT2D eigenvalue weighted by atomic mass is 10.1. The molecule has 0 aromatic carbocycles. The van der Waals surface area contributed by atoms with Gasteiger partial charge in [-0.05, 0) is 44.1 Å². The van der Waals surface area contributed by atoms with Gasteiger partial charge in [0.15, 0.2) is 0 Å². The zero-order chi connectivity index (χ0) is 19.3. The van der Waals surface area contributed by atoms with Gasteiger partial charge in [-0.3, -0.25) is 0 Å². The number of nitrogens with two attached hydrogens (primary N) is 2. The summed E-state index contributed by atoms with van der Waals surface area (Å²) in [6.07, 6.45) is 6.67. The van der Waals surface area contributed by atoms with Crippen molar-refractivity contribution in [2.75, 3.05) is 26.3 Å². The maximum Gasteiger partial charge on any atom is 0.132 e. The minimum atomic E-state index is -0.209. The van der Waals surface area contributed by atoms with Crippen molar-refractivity contribution in [3.8, 4) is 0 Å². The predicted molar refractivity (Wildman–Crippen MR) is 100 cm³/mol. The van der Waals surface area contributed by atoms with Gasteiger partial charge in [-0.25, -0.2) is 0 Å². The number of hydrogen-bond donors (Lipinski definition) is 2. The van der Waals surface area contributed by atoms with Crippen LogP contribution < -0.4 is 11.5 Å². The first-order valence-corrected chi connectivity index (χ1v) is 10.1. The summed E-state index contributed by atoms with van der Waals surface area (Å²) in [5.41, 5.74) is 11.5. The van der Waals surface area contributed by atoms with Crippen molar-refractivity contribution in [1.29, 1.82) is 0 Å². The second kappa shape index (κ2) is 9.39. The van der Waals surface area contributed by atoms with Crippen molar-refractivity contribution in [3.63, 3.8) is 0 Å². The molecule has 4 N–H and O–H groups in total. The average molecular weight is 394 g/mol. The molecule has 4 rings (SSSR count). The first kappa shape index (κ1) is 19.9. The zero-order valence-electron chi connectivity index (χ0n) is 16.0. The fourth-order valence-corrected chi connectivity index (χ4v) is 4.15. The second-order valence-corrected chi connectivity index (χ2v) is 7.42. The zero-order valence-corrected chi connectivity index (χ0v) is 16.0. The quantitative estimate of drug-likeness (QED) is 0.610. The van der Waals surface area contributed by atoms with Crippen molar-refractivity contribution in [1.82, 2.24) is 0 Å². The molecule has 7 atom stereocenters. The van der Waals surface area contributed by atoms with E-state index in [9.17, 15) is 0 Å². The van der Waals surface area contributed by atoms with Crippen LogP contribution in [0.25, 0.3) is 0 Å². The van der Waals surface area contributed by atoms with Crippen LogP contribution in [0.15, 0.2) is 35.2 Å². The topological polar surface area (TPSA) is 111 Å². The molecule has 1 aromatic heterocycles. The number of fused-ring (bicyclic) bond motifs is 1. The molecule has 0 radical (unpaired) electrons. The van der Waals surface area contributed by atoms with E-state index in [2.05, 4.69) is 0 Å². The Bertz CT molecular complexity index is 616. The second-order valence-electron chi connectivity index (χ2n) is 7.42. The van der Waals surface area contributed by atoms with Crippen molar-refractivity contribution in [2.24, 2.45) is 11.5 Å². The van der Waals surface area contributed by atoms with Crippen LogP contribution in [0.5, 0.6) is 0 Å². The van der Waals surface area contributed by atoms with E-state index in [4.69, 9.17) is 39.6 Å². The lowest BCUT2D eigenvalue weighted by Crippen LogP contribution is -2.40. The number of hydrogen-bond acceptors (Lipinski definition) is 8. The first-order chi connectivity index (χ1) is 13.8. The van der Waals surface area contributed by atoms with Gasteiger partial charge in [-0.1, -0.05) is 0 Å². The minimum absolute atomic E-state index is 0.00365. The summed E-state index contributed by atoms with van der Waals surface area (Å²) < 4.78 is 35.8. The normalized spacial score (nSPS) is 33.7. The van der Waals surface area contributed by atoms with Crippen LogP contribution in [0.2, 0.25) is 0 Å². The molecule has 8 heteroatoms. The van der Waals surface area contributed by atoms with Gasteiger partial charge in [-0.15, -0.1) is 0 Å². The van der Waals surface area contributed by atoms with Crippen LogP contribution in [-0.2, 0) is 23.7 Å². The third kappa shape index (κ3) is 4.27. The van der Waals surface area contributed by atoms with E-state index in [1.807, 2.05) is 18.2 Å². The lowest BCUT2D eigenvalue weighted by Gasteiger charge is -2.27. The van der Waals surface area contributed by atoms with Gasteiger partial charge in [0.2, 0.25) is 0 Å². The van der Waals surface area contributed by atoms with Gasteiger partial charge in [0, 0.05) is 6.42 Å². The Balaban J connectivity index is 1.35. The number of furan rings is 1. The Kier molecular flexibility index (Phi) is 6.66. The molecule has 1 aromatic rings. The van der Waals surface area contributed by atoms with E-state index in [-0.39, 0.29) is 42.7 Å². The van der Waals surface area contributed by atoms with Crippen LogP contribution >= 0.6 is 0 Å². The number of ether oxygens (including phenoxy) is 5. The molecule has 0 saturated carbocycles. The predicted octanol–water partition coefficient (Wildman–Crippen LogP) is 1.26. The fraction of sp³-hybridized carbons (Fsp3) is 0.700. The summed E-state index contributed by atoms with van der Waals surface area (Å²) in [7, 11) is 0. The highest BCUT2D eigenvalue weighted by Gasteiger charge is 2.50. The van der Waals surface area contributed by atoms with E-state index >= 15 is 0 Å². The molecule has 2 saturated heterocycles. The highest BCUT2D eigenvalue weighted by molar-refractivity contribution is 5.04. The third-order valence-electron chi connectivity index (χ3n) is 5.52. The van der Waals surface area contributed by atoms with Crippen LogP contribution in [0, 0.1) is 0 Å². The number of rotatable bonds is 10. The summed E-state index contributed by atoms with van der Waals surface area (Å²) in [5.74, 6) is 0.772. The molecule has 0 bridgehead atoms. The summed E-state index contributed by atoms with van der Waals surface area (Å²) in [6, 6.07) is 3.76. The van der Waals surface area contributed by atoms with Crippen LogP contribution in [0.3, 0.4) is 0 Å². The maximum absolute atomic E-state index is 6.33. The fourth-order valence-electron chi connectivity index (χ4n) is 4.15. The smallest absolute Gasteiger partial charge is 0.132 e. The summed E-state index contributed by atoms with van der Waals surface area (Å²) in [6.45, 7) is 1.98. The SMILES string of the molecule is NCCC(OC1COC2C1OC[C@@H]2OC(CCN)C1CC=CO1)c1ccco1. The van der Waals surface area contributed by atoms with E-state index < -0.39 is 0 Å². The van der Waals surface area contributed by atoms with Crippen molar-refractivity contribution < 1.29 is 28.1 Å². The first-order valence-electron chi connectivity index (χ1n) is 10.1. The molecule has 0 spiro atoms. The molecular formula is C20H30N2O6. The van der Waals surface area contributed by atoms with E-state index in [1.54, 1.807) is 12.5 Å². The molecular weight excluding hydrogens is 364 g/mol. The Morgan fingerprint density at radius 1 is 1.04 bits per heavy atom. The van der Waals surface area contributed by atoms with Gasteiger partial charge in [0.05, 0.1) is 31.8 Å². The van der Waals surface area contributed by atoms with Crippen molar-refractivity contribution in [2.45, 2.75) is 62.0 Å². The van der Waals surface area contributed by atoms with Crippen LogP contribution in [-0.4, -0.2) is 62.9 Å². The van der Waals surface area contributed by atoms with Gasteiger partial charge < -0.3 is 39.6 Å². The molecule has 6 unspecified atom stereocenters. The molecule has 8 nitrogen and oxygen atoms in total. The molecule has 3 aliphatic rings. The van der Waals surface area contributed by atoms with Gasteiger partial charge in [0.1, 0.15) is 42.4 Å². The molecule has 0 aliphatic carbocycles. The van der Waals surface area contributed by atoms with E-state index in [1.165, 1.54) is 0 Å². The monoisotopic (exact) mass is 394 g/mol. The minimum Gasteiger partial charge on any atom is -0.495 e. The van der Waals surface area contributed by atoms with Crippen molar-refractivity contribution >= 4 is 0 Å². The average Bonchev–Trinajstić information content (AvgIpc) is 3.48. The molecule has 28 heavy (non-hydrogen) atoms. The van der Waals surface area contributed by atoms with Crippen molar-refractivity contribution in [3.05, 3.63) is 36.5 Å². The summed E-state index contributed by atoms with van der Waals surface area (Å²) in [5, 5.41) is 0. The van der Waals surface area contributed by atoms with Crippen LogP contribution in [0.1, 0.15) is 31.1 Å². The Labute approximate surface area is 165 Å². The highest BCUT2D eigenvalue weighted by atomic mass is 16.7. The van der Waals surface area contributed by atoms with Gasteiger partial charge in [0.25, 0.3) is 0 Å². The largest absolute Gasteiger partial charge is 0.495 e. The van der Waals surface area contributed by atoms with E-state index in [0.717, 1.165) is 18.6 Å². The van der Waals surface area contributed by atoms with Gasteiger partial charge in [-0.2, -0.15) is 0 Å². The molecule has 2 fully saturated rings. The summed E-state index contributed by atoms with van der Waals surface area (Å²) in [4.78, 5) is 0. The lowest BCUT2D eigenvalue weighted by molar-refractivity contribution is -0.114. The molecule has 4 heterocycles. The highest BCUT2D eigenvalue weighted by Crippen LogP contribution is 2.35. The summed E-state index contributed by atoms with van der Waals surface area (Å²) >= 11 is 0. The van der Waals surface area contributed by atoms with Gasteiger partial charge >= 0.3 is 0 Å². The molecule has 0 amide bonds. The molecule has 3 aliphatic heterocycles. The van der Waals surface area contributed by atoms with Crippen LogP contribution in [0.4, 0.5) is 0 Å². The maximum atomic E-state index is 6.33. The van der Waals surface area contributed by atoms with E-state index in [0.29, 0.717) is 32.7 Å². The Morgan fingerprint density at radius 3 is 2.39 bits per heavy atom. The molecule has 156 valence electrons. The third-order valence-corrected chi connectivity index (χ3v) is 5.52. The standard InChI is InChI=1S/C20H30N2O6/c21-7-5-15(13-3-1-9-23-13)27-17-11-25-20-18(12-26-19(17)20)28-16(6-8-22)14-4-2-10-24-14/h1-3,9-10,14-20H,4-8,11-12,21-22H2/t14?,15?,16?,17?,18-,19?,20?/m0/s1.